The summed E-state index contributed by atoms with van der Waals surface area (Å²) < 4.78 is 14.5. The fourth-order valence-electron chi connectivity index (χ4n) is 3.79. The van der Waals surface area contributed by atoms with E-state index in [9.17, 15) is 5.11 Å². The highest BCUT2D eigenvalue weighted by Crippen LogP contribution is 2.44. The van der Waals surface area contributed by atoms with Crippen LogP contribution in [-0.4, -0.2) is 28.4 Å². The standard InChI is InChI=1S/C24H24BNO3/c1-23(2,27)24(3,4)29-25-15-12-13-18-17(14-15)16-8-7-11-21-22(16)26(18)19-9-5-6-10-20(19)28-21/h5-14,25,27H,1-4H3. The molecule has 1 N–H and O–H groups in total. The Morgan fingerprint density at radius 2 is 1.66 bits per heavy atom. The summed E-state index contributed by atoms with van der Waals surface area (Å²) in [5.74, 6) is 1.74. The third-order valence-corrected chi connectivity index (χ3v) is 6.21. The molecule has 0 bridgehead atoms. The Balaban J connectivity index is 1.65. The number of hydrogen-bond donors (Lipinski definition) is 1. The van der Waals surface area contributed by atoms with Crippen molar-refractivity contribution in [3.63, 3.8) is 0 Å². The van der Waals surface area contributed by atoms with Crippen LogP contribution in [0.1, 0.15) is 27.7 Å². The first-order valence-corrected chi connectivity index (χ1v) is 9.96. The highest BCUT2D eigenvalue weighted by atomic mass is 16.5. The van der Waals surface area contributed by atoms with E-state index in [0.29, 0.717) is 7.48 Å². The maximum absolute atomic E-state index is 10.4. The minimum atomic E-state index is -0.929. The molecule has 0 saturated heterocycles. The molecule has 0 amide bonds. The number of para-hydroxylation sites is 3. The van der Waals surface area contributed by atoms with Gasteiger partial charge in [0.15, 0.2) is 11.5 Å². The summed E-state index contributed by atoms with van der Waals surface area (Å²) in [6, 6.07) is 20.8. The van der Waals surface area contributed by atoms with Crippen LogP contribution >= 0.6 is 0 Å². The quantitative estimate of drug-likeness (QED) is 0.466. The molecular weight excluding hydrogens is 361 g/mol. The molecule has 146 valence electrons. The van der Waals surface area contributed by atoms with Crippen molar-refractivity contribution in [2.24, 2.45) is 0 Å². The third-order valence-electron chi connectivity index (χ3n) is 6.21. The fraction of sp³-hybridized carbons (Fsp3) is 0.250. The SMILES string of the molecule is CC(C)(O)C(C)(C)OBc1ccc2c(c1)c1cccc3c1n2-c1ccccc1O3. The topological polar surface area (TPSA) is 43.6 Å². The van der Waals surface area contributed by atoms with E-state index < -0.39 is 11.2 Å². The lowest BCUT2D eigenvalue weighted by atomic mass is 9.82. The molecule has 0 fully saturated rings. The summed E-state index contributed by atoms with van der Waals surface area (Å²) in [4.78, 5) is 0. The van der Waals surface area contributed by atoms with Crippen molar-refractivity contribution in [1.82, 2.24) is 4.57 Å². The minimum Gasteiger partial charge on any atom is -0.453 e. The van der Waals surface area contributed by atoms with E-state index in [1.165, 1.54) is 5.39 Å². The van der Waals surface area contributed by atoms with Gasteiger partial charge in [-0.1, -0.05) is 41.9 Å². The van der Waals surface area contributed by atoms with Crippen LogP contribution in [0.2, 0.25) is 0 Å². The predicted molar refractivity (Wildman–Crippen MR) is 119 cm³/mol. The summed E-state index contributed by atoms with van der Waals surface area (Å²) in [5.41, 5.74) is 2.79. The molecule has 0 atom stereocenters. The summed E-state index contributed by atoms with van der Waals surface area (Å²) in [5, 5.41) is 12.7. The Labute approximate surface area is 170 Å². The molecule has 5 heteroatoms. The van der Waals surface area contributed by atoms with Crippen molar-refractivity contribution < 1.29 is 14.5 Å². The third kappa shape index (κ3) is 2.76. The first-order chi connectivity index (χ1) is 13.8. The molecule has 1 aliphatic heterocycles. The monoisotopic (exact) mass is 385 g/mol. The second-order valence-corrected chi connectivity index (χ2v) is 8.77. The van der Waals surface area contributed by atoms with Crippen LogP contribution in [-0.2, 0) is 4.65 Å². The van der Waals surface area contributed by atoms with Gasteiger partial charge in [-0.05, 0) is 52.0 Å². The van der Waals surface area contributed by atoms with Crippen LogP contribution in [0, 0.1) is 0 Å². The van der Waals surface area contributed by atoms with Crippen LogP contribution in [0.3, 0.4) is 0 Å². The molecule has 1 aromatic heterocycles. The normalized spacial score (nSPS) is 13.4. The first kappa shape index (κ1) is 18.3. The van der Waals surface area contributed by atoms with Gasteiger partial charge in [0, 0.05) is 10.8 Å². The predicted octanol–water partition coefficient (Wildman–Crippen LogP) is 4.43. The average molecular weight is 385 g/mol. The van der Waals surface area contributed by atoms with E-state index >= 15 is 0 Å². The number of hydrogen-bond acceptors (Lipinski definition) is 3. The van der Waals surface area contributed by atoms with E-state index in [0.717, 1.165) is 39.1 Å². The molecule has 1 aliphatic rings. The highest BCUT2D eigenvalue weighted by Gasteiger charge is 2.35. The van der Waals surface area contributed by atoms with Gasteiger partial charge in [0.05, 0.1) is 27.9 Å². The van der Waals surface area contributed by atoms with E-state index in [1.807, 2.05) is 44.2 Å². The molecule has 4 aromatic rings. The van der Waals surface area contributed by atoms with Crippen LogP contribution in [0.5, 0.6) is 11.5 Å². The summed E-state index contributed by atoms with van der Waals surface area (Å²) in [7, 11) is 0.437. The molecule has 0 spiro atoms. The van der Waals surface area contributed by atoms with Crippen molar-refractivity contribution in [2.45, 2.75) is 38.9 Å². The van der Waals surface area contributed by atoms with Gasteiger partial charge in [-0.15, -0.1) is 0 Å². The lowest BCUT2D eigenvalue weighted by molar-refractivity contribution is -0.0893. The van der Waals surface area contributed by atoms with Crippen LogP contribution in [0.15, 0.2) is 60.7 Å². The zero-order valence-electron chi connectivity index (χ0n) is 17.2. The van der Waals surface area contributed by atoms with Gasteiger partial charge in [-0.2, -0.15) is 0 Å². The van der Waals surface area contributed by atoms with Crippen molar-refractivity contribution in [3.8, 4) is 17.2 Å². The molecule has 29 heavy (non-hydrogen) atoms. The van der Waals surface area contributed by atoms with Gasteiger partial charge in [0.1, 0.15) is 0 Å². The smallest absolute Gasteiger partial charge is 0.309 e. The largest absolute Gasteiger partial charge is 0.453 e. The van der Waals surface area contributed by atoms with Gasteiger partial charge < -0.3 is 19.1 Å². The number of fused-ring (bicyclic) bond motifs is 5. The fourth-order valence-corrected chi connectivity index (χ4v) is 3.79. The summed E-state index contributed by atoms with van der Waals surface area (Å²) in [6.07, 6.45) is 0. The Bertz CT molecular complexity index is 1250. The van der Waals surface area contributed by atoms with E-state index in [4.69, 9.17) is 9.39 Å². The Morgan fingerprint density at radius 1 is 0.897 bits per heavy atom. The number of benzene rings is 3. The molecule has 2 heterocycles. The maximum atomic E-state index is 10.4. The van der Waals surface area contributed by atoms with E-state index in [2.05, 4.69) is 34.9 Å². The van der Waals surface area contributed by atoms with Crippen LogP contribution < -0.4 is 10.2 Å². The van der Waals surface area contributed by atoms with Crippen molar-refractivity contribution in [1.29, 1.82) is 0 Å². The molecule has 3 aromatic carbocycles. The van der Waals surface area contributed by atoms with Gasteiger partial charge in [-0.25, -0.2) is 0 Å². The zero-order valence-corrected chi connectivity index (χ0v) is 17.2. The first-order valence-electron chi connectivity index (χ1n) is 9.96. The molecule has 0 radical (unpaired) electrons. The maximum Gasteiger partial charge on any atom is 0.309 e. The van der Waals surface area contributed by atoms with Crippen LogP contribution in [0.25, 0.3) is 27.5 Å². The molecule has 4 nitrogen and oxygen atoms in total. The lowest BCUT2D eigenvalue weighted by Gasteiger charge is -2.37. The number of ether oxygens (including phenoxy) is 1. The van der Waals surface area contributed by atoms with Gasteiger partial charge in [0.2, 0.25) is 0 Å². The molecule has 0 unspecified atom stereocenters. The number of rotatable bonds is 4. The highest BCUT2D eigenvalue weighted by molar-refractivity contribution is 6.47. The average Bonchev–Trinajstić information content (AvgIpc) is 3.02. The Morgan fingerprint density at radius 3 is 2.45 bits per heavy atom. The van der Waals surface area contributed by atoms with Gasteiger partial charge in [-0.3, -0.25) is 0 Å². The Hall–Kier alpha value is -2.76. The van der Waals surface area contributed by atoms with Crippen LogP contribution in [0.4, 0.5) is 0 Å². The molecular formula is C24H24BNO3. The van der Waals surface area contributed by atoms with Crippen molar-refractivity contribution in [3.05, 3.63) is 60.7 Å². The summed E-state index contributed by atoms with van der Waals surface area (Å²) >= 11 is 0. The molecule has 5 rings (SSSR count). The zero-order chi connectivity index (χ0) is 20.4. The van der Waals surface area contributed by atoms with E-state index in [-0.39, 0.29) is 0 Å². The van der Waals surface area contributed by atoms with E-state index in [1.54, 1.807) is 13.8 Å². The number of aromatic nitrogens is 1. The van der Waals surface area contributed by atoms with Gasteiger partial charge >= 0.3 is 7.48 Å². The number of nitrogens with zero attached hydrogens (tertiary/aromatic N) is 1. The Kier molecular flexibility index (Phi) is 3.86. The van der Waals surface area contributed by atoms with Gasteiger partial charge in [0.25, 0.3) is 0 Å². The molecule has 0 saturated carbocycles. The lowest BCUT2D eigenvalue weighted by Crippen LogP contribution is -2.49. The second kappa shape index (κ2) is 6.12. The number of aliphatic hydroxyl groups is 1. The van der Waals surface area contributed by atoms with Crippen molar-refractivity contribution in [2.75, 3.05) is 0 Å². The molecule has 0 aliphatic carbocycles. The summed E-state index contributed by atoms with van der Waals surface area (Å²) in [6.45, 7) is 7.39. The second-order valence-electron chi connectivity index (χ2n) is 8.77. The minimum absolute atomic E-state index is 0.437. The van der Waals surface area contributed by atoms with Crippen molar-refractivity contribution >= 4 is 34.8 Å².